The van der Waals surface area contributed by atoms with E-state index in [1.54, 1.807) is 6.07 Å². The molecule has 0 aliphatic carbocycles. The van der Waals surface area contributed by atoms with Gasteiger partial charge in [-0.15, -0.1) is 0 Å². The lowest BCUT2D eigenvalue weighted by atomic mass is 10.2. The van der Waals surface area contributed by atoms with Gasteiger partial charge in [0.25, 0.3) is 0 Å². The number of halogens is 1. The van der Waals surface area contributed by atoms with Crippen LogP contribution in [0.15, 0.2) is 24.3 Å². The fourth-order valence-electron chi connectivity index (χ4n) is 1.79. The summed E-state index contributed by atoms with van der Waals surface area (Å²) in [5.41, 5.74) is 0.729. The second kappa shape index (κ2) is 8.03. The van der Waals surface area contributed by atoms with Gasteiger partial charge in [0.15, 0.2) is 0 Å². The van der Waals surface area contributed by atoms with Crippen LogP contribution >= 0.6 is 19.2 Å². The Bertz CT molecular complexity index is 434. The van der Waals surface area contributed by atoms with Crippen LogP contribution in [-0.4, -0.2) is 20.8 Å². The lowest BCUT2D eigenvalue weighted by molar-refractivity contribution is 0.259. The Labute approximate surface area is 120 Å². The molecule has 1 unspecified atom stereocenters. The van der Waals surface area contributed by atoms with Crippen molar-refractivity contribution in [3.05, 3.63) is 34.9 Å². The van der Waals surface area contributed by atoms with Gasteiger partial charge in [0.1, 0.15) is 5.78 Å². The van der Waals surface area contributed by atoms with Gasteiger partial charge < -0.3 is 9.05 Å². The molecule has 0 aliphatic heterocycles. The van der Waals surface area contributed by atoms with Gasteiger partial charge in [0.2, 0.25) is 0 Å². The summed E-state index contributed by atoms with van der Waals surface area (Å²) in [6.45, 7) is 2.82. The Balaban J connectivity index is 3.05. The Hall–Kier alpha value is -0.380. The van der Waals surface area contributed by atoms with E-state index in [4.69, 9.17) is 20.6 Å². The highest BCUT2D eigenvalue weighted by Crippen LogP contribution is 2.59. The second-order valence-corrected chi connectivity index (χ2v) is 6.87. The molecule has 1 aromatic rings. The van der Waals surface area contributed by atoms with Gasteiger partial charge >= 0.3 is 7.60 Å². The smallest absolute Gasteiger partial charge is 0.311 e. The van der Waals surface area contributed by atoms with Crippen LogP contribution in [0.3, 0.4) is 0 Å². The van der Waals surface area contributed by atoms with Crippen LogP contribution in [0.2, 0.25) is 5.02 Å². The Morgan fingerprint density at radius 3 is 2.47 bits per heavy atom. The summed E-state index contributed by atoms with van der Waals surface area (Å²) in [5, 5.41) is 3.77. The zero-order valence-corrected chi connectivity index (χ0v) is 13.2. The molecule has 1 rings (SSSR count). The Morgan fingerprint density at radius 1 is 1.32 bits per heavy atom. The van der Waals surface area contributed by atoms with Gasteiger partial charge in [0, 0.05) is 19.2 Å². The molecule has 1 aromatic carbocycles. The van der Waals surface area contributed by atoms with Crippen LogP contribution in [0.5, 0.6) is 0 Å². The zero-order chi connectivity index (χ0) is 14.3. The molecule has 1 N–H and O–H groups in total. The summed E-state index contributed by atoms with van der Waals surface area (Å²) < 4.78 is 22.8. The number of unbranched alkanes of at least 4 members (excludes halogenated alkanes) is 1. The van der Waals surface area contributed by atoms with Crippen molar-refractivity contribution < 1.29 is 13.6 Å². The normalized spacial score (nSPS) is 13.5. The van der Waals surface area contributed by atoms with Gasteiger partial charge in [-0.3, -0.25) is 9.88 Å². The highest BCUT2D eigenvalue weighted by molar-refractivity contribution is 7.54. The van der Waals surface area contributed by atoms with Gasteiger partial charge in [-0.05, 0) is 24.6 Å². The largest absolute Gasteiger partial charge is 0.351 e. The van der Waals surface area contributed by atoms with Crippen molar-refractivity contribution in [1.29, 1.82) is 0 Å². The molecule has 0 aliphatic rings. The van der Waals surface area contributed by atoms with Crippen LogP contribution < -0.4 is 5.32 Å². The standard InChI is InChI=1S/C13H21ClNO3P/c1-4-5-10-15-13(19(16,17-2)18-3)11-8-6-7-9-12(11)14/h6-9,13,15H,4-5,10H2,1-3H3. The van der Waals surface area contributed by atoms with E-state index in [1.165, 1.54) is 14.2 Å². The van der Waals surface area contributed by atoms with Crippen molar-refractivity contribution in [3.63, 3.8) is 0 Å². The van der Waals surface area contributed by atoms with Crippen LogP contribution in [0.1, 0.15) is 31.1 Å². The highest BCUT2D eigenvalue weighted by atomic mass is 35.5. The van der Waals surface area contributed by atoms with Crippen molar-refractivity contribution in [2.75, 3.05) is 20.8 Å². The molecular formula is C13H21ClNO3P. The maximum atomic E-state index is 12.6. The van der Waals surface area contributed by atoms with Crippen molar-refractivity contribution in [3.8, 4) is 0 Å². The second-order valence-electron chi connectivity index (χ2n) is 4.14. The lowest BCUT2D eigenvalue weighted by Crippen LogP contribution is -2.24. The number of nitrogens with one attached hydrogen (secondary N) is 1. The molecule has 0 saturated heterocycles. The monoisotopic (exact) mass is 305 g/mol. The van der Waals surface area contributed by atoms with Gasteiger partial charge in [-0.2, -0.15) is 0 Å². The van der Waals surface area contributed by atoms with Gasteiger partial charge in [0.05, 0.1) is 0 Å². The molecule has 1 atom stereocenters. The molecule has 6 heteroatoms. The fourth-order valence-corrected chi connectivity index (χ4v) is 3.60. The molecule has 108 valence electrons. The van der Waals surface area contributed by atoms with Crippen LogP contribution in [-0.2, 0) is 13.6 Å². The third kappa shape index (κ3) is 4.30. The molecule has 0 radical (unpaired) electrons. The molecular weight excluding hydrogens is 285 g/mol. The van der Waals surface area contributed by atoms with E-state index in [0.29, 0.717) is 5.02 Å². The van der Waals surface area contributed by atoms with Crippen LogP contribution in [0.25, 0.3) is 0 Å². The van der Waals surface area contributed by atoms with E-state index in [9.17, 15) is 4.57 Å². The van der Waals surface area contributed by atoms with Crippen LogP contribution in [0.4, 0.5) is 0 Å². The van der Waals surface area contributed by atoms with Crippen molar-refractivity contribution in [1.82, 2.24) is 5.32 Å². The summed E-state index contributed by atoms with van der Waals surface area (Å²) in [6.07, 6.45) is 2.03. The topological polar surface area (TPSA) is 47.6 Å². The summed E-state index contributed by atoms with van der Waals surface area (Å²) in [6, 6.07) is 7.28. The van der Waals surface area contributed by atoms with Gasteiger partial charge in [-0.1, -0.05) is 43.1 Å². The first-order valence-corrected chi connectivity index (χ1v) is 8.27. The van der Waals surface area contributed by atoms with E-state index in [2.05, 4.69) is 12.2 Å². The lowest BCUT2D eigenvalue weighted by Gasteiger charge is -2.26. The number of hydrogen-bond acceptors (Lipinski definition) is 4. The number of rotatable bonds is 8. The summed E-state index contributed by atoms with van der Waals surface area (Å²) >= 11 is 6.18. The van der Waals surface area contributed by atoms with E-state index >= 15 is 0 Å². The SMILES string of the molecule is CCCCNC(c1ccccc1Cl)P(=O)(OC)OC. The summed E-state index contributed by atoms with van der Waals surface area (Å²) in [7, 11) is -0.507. The van der Waals surface area contributed by atoms with E-state index < -0.39 is 13.4 Å². The third-order valence-electron chi connectivity index (χ3n) is 2.89. The first-order chi connectivity index (χ1) is 9.09. The predicted octanol–water partition coefficient (Wildman–Crippen LogP) is 4.21. The van der Waals surface area contributed by atoms with E-state index in [0.717, 1.165) is 24.9 Å². The average Bonchev–Trinajstić information content (AvgIpc) is 2.44. The Morgan fingerprint density at radius 2 is 1.95 bits per heavy atom. The third-order valence-corrected chi connectivity index (χ3v) is 5.35. The number of benzene rings is 1. The molecule has 0 fully saturated rings. The predicted molar refractivity (Wildman–Crippen MR) is 78.7 cm³/mol. The number of hydrogen-bond donors (Lipinski definition) is 1. The van der Waals surface area contributed by atoms with Crippen LogP contribution in [0, 0.1) is 0 Å². The molecule has 0 aromatic heterocycles. The minimum absolute atomic E-state index is 0.547. The van der Waals surface area contributed by atoms with E-state index in [1.807, 2.05) is 18.2 Å². The van der Waals surface area contributed by atoms with Crippen molar-refractivity contribution in [2.24, 2.45) is 0 Å². The molecule has 19 heavy (non-hydrogen) atoms. The minimum atomic E-state index is -3.28. The Kier molecular flexibility index (Phi) is 7.05. The first-order valence-electron chi connectivity index (χ1n) is 6.28. The van der Waals surface area contributed by atoms with Crippen molar-refractivity contribution >= 4 is 19.2 Å². The molecule has 4 nitrogen and oxygen atoms in total. The minimum Gasteiger partial charge on any atom is -0.311 e. The molecule has 0 bridgehead atoms. The maximum absolute atomic E-state index is 12.6. The summed E-state index contributed by atoms with van der Waals surface area (Å²) in [4.78, 5) is 0. The molecule has 0 saturated carbocycles. The molecule has 0 heterocycles. The highest BCUT2D eigenvalue weighted by Gasteiger charge is 2.36. The molecule has 0 spiro atoms. The summed E-state index contributed by atoms with van der Waals surface area (Å²) in [5.74, 6) is -0.553. The quantitative estimate of drug-likeness (QED) is 0.577. The average molecular weight is 306 g/mol. The maximum Gasteiger partial charge on any atom is 0.351 e. The fraction of sp³-hybridized carbons (Fsp3) is 0.538. The van der Waals surface area contributed by atoms with Crippen molar-refractivity contribution in [2.45, 2.75) is 25.5 Å². The van der Waals surface area contributed by atoms with E-state index in [-0.39, 0.29) is 0 Å². The zero-order valence-electron chi connectivity index (χ0n) is 11.6. The van der Waals surface area contributed by atoms with Gasteiger partial charge in [-0.25, -0.2) is 0 Å². The molecule has 0 amide bonds. The first kappa shape index (κ1) is 16.7.